The lowest BCUT2D eigenvalue weighted by Crippen LogP contribution is -2.12. The Balaban J connectivity index is 3.04. The lowest BCUT2D eigenvalue weighted by atomic mass is 10.2. The first-order valence-electron chi connectivity index (χ1n) is 4.27. The standard InChI is InChI=1S/C10H9Cl3O2/c1-5(2)15-10(14)6-3-8(12)9(13)4-7(6)11/h3-5H,1-2H3. The van der Waals surface area contributed by atoms with Crippen molar-refractivity contribution in [3.8, 4) is 0 Å². The molecular formula is C10H9Cl3O2. The summed E-state index contributed by atoms with van der Waals surface area (Å²) >= 11 is 17.3. The predicted octanol–water partition coefficient (Wildman–Crippen LogP) is 4.21. The predicted molar refractivity (Wildman–Crippen MR) is 62.0 cm³/mol. The Kier molecular flexibility index (Phi) is 4.26. The summed E-state index contributed by atoms with van der Waals surface area (Å²) in [4.78, 5) is 11.5. The van der Waals surface area contributed by atoms with E-state index in [1.165, 1.54) is 12.1 Å². The van der Waals surface area contributed by atoms with E-state index in [4.69, 9.17) is 39.5 Å². The number of carbonyl (C=O) groups excluding carboxylic acids is 1. The molecule has 0 N–H and O–H groups in total. The van der Waals surface area contributed by atoms with Crippen molar-refractivity contribution in [3.05, 3.63) is 32.8 Å². The first-order valence-corrected chi connectivity index (χ1v) is 5.40. The van der Waals surface area contributed by atoms with E-state index >= 15 is 0 Å². The zero-order valence-corrected chi connectivity index (χ0v) is 10.5. The van der Waals surface area contributed by atoms with Crippen LogP contribution in [0.3, 0.4) is 0 Å². The summed E-state index contributed by atoms with van der Waals surface area (Å²) in [5, 5.41) is 0.814. The van der Waals surface area contributed by atoms with Crippen LogP contribution >= 0.6 is 34.8 Å². The Labute approximate surface area is 103 Å². The number of hydrogen-bond donors (Lipinski definition) is 0. The molecule has 0 spiro atoms. The van der Waals surface area contributed by atoms with Crippen LogP contribution in [0.25, 0.3) is 0 Å². The molecule has 5 heteroatoms. The van der Waals surface area contributed by atoms with Crippen LogP contribution in [-0.2, 0) is 4.74 Å². The molecule has 0 fully saturated rings. The van der Waals surface area contributed by atoms with Crippen molar-refractivity contribution >= 4 is 40.8 Å². The van der Waals surface area contributed by atoms with Crippen LogP contribution in [0.15, 0.2) is 12.1 Å². The van der Waals surface area contributed by atoms with Crippen LogP contribution in [0.5, 0.6) is 0 Å². The molecule has 0 atom stereocenters. The highest BCUT2D eigenvalue weighted by atomic mass is 35.5. The fourth-order valence-electron chi connectivity index (χ4n) is 0.957. The fraction of sp³-hybridized carbons (Fsp3) is 0.300. The lowest BCUT2D eigenvalue weighted by Gasteiger charge is -2.09. The fourth-order valence-corrected chi connectivity index (χ4v) is 1.58. The van der Waals surface area contributed by atoms with Gasteiger partial charge in [-0.15, -0.1) is 0 Å². The highest BCUT2D eigenvalue weighted by molar-refractivity contribution is 6.44. The number of hydrogen-bond acceptors (Lipinski definition) is 2. The van der Waals surface area contributed by atoms with Crippen molar-refractivity contribution in [2.24, 2.45) is 0 Å². The van der Waals surface area contributed by atoms with Gasteiger partial charge in [-0.05, 0) is 26.0 Å². The maximum Gasteiger partial charge on any atom is 0.339 e. The molecule has 0 aliphatic carbocycles. The van der Waals surface area contributed by atoms with Crippen molar-refractivity contribution in [1.82, 2.24) is 0 Å². The summed E-state index contributed by atoms with van der Waals surface area (Å²) in [6.45, 7) is 3.51. The van der Waals surface area contributed by atoms with Gasteiger partial charge in [0.1, 0.15) is 0 Å². The van der Waals surface area contributed by atoms with Crippen LogP contribution in [0.2, 0.25) is 15.1 Å². The van der Waals surface area contributed by atoms with E-state index in [1.54, 1.807) is 13.8 Å². The van der Waals surface area contributed by atoms with Crippen molar-refractivity contribution in [2.75, 3.05) is 0 Å². The molecule has 0 bridgehead atoms. The quantitative estimate of drug-likeness (QED) is 0.592. The highest BCUT2D eigenvalue weighted by Gasteiger charge is 2.15. The maximum atomic E-state index is 11.5. The first kappa shape index (κ1) is 12.6. The third-order valence-electron chi connectivity index (χ3n) is 1.57. The van der Waals surface area contributed by atoms with Gasteiger partial charge in [0.25, 0.3) is 0 Å². The number of benzene rings is 1. The Bertz CT molecular complexity index is 388. The molecule has 2 nitrogen and oxygen atoms in total. The minimum Gasteiger partial charge on any atom is -0.459 e. The Morgan fingerprint density at radius 2 is 1.67 bits per heavy atom. The van der Waals surface area contributed by atoms with Crippen LogP contribution < -0.4 is 0 Å². The number of ether oxygens (including phenoxy) is 1. The summed E-state index contributed by atoms with van der Waals surface area (Å²) in [5.74, 6) is -0.506. The molecule has 0 radical (unpaired) electrons. The van der Waals surface area contributed by atoms with E-state index in [-0.39, 0.29) is 21.7 Å². The van der Waals surface area contributed by atoms with Gasteiger partial charge in [-0.3, -0.25) is 0 Å². The van der Waals surface area contributed by atoms with Crippen LogP contribution in [0, 0.1) is 0 Å². The minimum absolute atomic E-state index is 0.206. The average molecular weight is 268 g/mol. The zero-order chi connectivity index (χ0) is 11.6. The van der Waals surface area contributed by atoms with E-state index in [0.717, 1.165) is 0 Å². The van der Waals surface area contributed by atoms with E-state index in [2.05, 4.69) is 0 Å². The Hall–Kier alpha value is -0.440. The molecule has 82 valence electrons. The Morgan fingerprint density at radius 3 is 2.20 bits per heavy atom. The SMILES string of the molecule is CC(C)OC(=O)c1cc(Cl)c(Cl)cc1Cl. The summed E-state index contributed by atoms with van der Waals surface area (Å²) in [6.07, 6.45) is -0.206. The van der Waals surface area contributed by atoms with Crippen molar-refractivity contribution in [3.63, 3.8) is 0 Å². The first-order chi connectivity index (χ1) is 6.91. The molecule has 0 amide bonds. The Morgan fingerprint density at radius 1 is 1.13 bits per heavy atom. The summed E-state index contributed by atoms with van der Waals surface area (Å²) < 4.78 is 4.99. The van der Waals surface area contributed by atoms with Gasteiger partial charge < -0.3 is 4.74 Å². The van der Waals surface area contributed by atoms with Gasteiger partial charge in [-0.1, -0.05) is 34.8 Å². The molecule has 0 heterocycles. The van der Waals surface area contributed by atoms with Gasteiger partial charge >= 0.3 is 5.97 Å². The van der Waals surface area contributed by atoms with Crippen molar-refractivity contribution in [2.45, 2.75) is 20.0 Å². The summed E-state index contributed by atoms with van der Waals surface area (Å²) in [5.41, 5.74) is 0.222. The second kappa shape index (κ2) is 5.06. The molecule has 0 saturated carbocycles. The van der Waals surface area contributed by atoms with E-state index in [1.807, 2.05) is 0 Å². The van der Waals surface area contributed by atoms with E-state index < -0.39 is 5.97 Å². The molecule has 0 saturated heterocycles. The van der Waals surface area contributed by atoms with Gasteiger partial charge in [-0.2, -0.15) is 0 Å². The van der Waals surface area contributed by atoms with Crippen LogP contribution in [0.4, 0.5) is 0 Å². The smallest absolute Gasteiger partial charge is 0.339 e. The highest BCUT2D eigenvalue weighted by Crippen LogP contribution is 2.29. The second-order valence-electron chi connectivity index (χ2n) is 3.20. The average Bonchev–Trinajstić information content (AvgIpc) is 2.09. The molecule has 0 aliphatic heterocycles. The van der Waals surface area contributed by atoms with Gasteiger partial charge in [-0.25, -0.2) is 4.79 Å². The van der Waals surface area contributed by atoms with E-state index in [9.17, 15) is 4.79 Å². The van der Waals surface area contributed by atoms with Gasteiger partial charge in [0, 0.05) is 0 Å². The molecule has 1 aromatic rings. The molecule has 0 aromatic heterocycles. The topological polar surface area (TPSA) is 26.3 Å². The third kappa shape index (κ3) is 3.26. The van der Waals surface area contributed by atoms with E-state index in [0.29, 0.717) is 5.02 Å². The second-order valence-corrected chi connectivity index (χ2v) is 4.42. The number of carbonyl (C=O) groups is 1. The van der Waals surface area contributed by atoms with Crippen molar-refractivity contribution < 1.29 is 9.53 Å². The van der Waals surface area contributed by atoms with Gasteiger partial charge in [0.2, 0.25) is 0 Å². The largest absolute Gasteiger partial charge is 0.459 e. The van der Waals surface area contributed by atoms with Crippen LogP contribution in [0.1, 0.15) is 24.2 Å². The molecule has 0 aliphatic rings. The minimum atomic E-state index is -0.506. The molecular weight excluding hydrogens is 258 g/mol. The monoisotopic (exact) mass is 266 g/mol. The number of halogens is 3. The lowest BCUT2D eigenvalue weighted by molar-refractivity contribution is 0.0378. The number of esters is 1. The van der Waals surface area contributed by atoms with Crippen LogP contribution in [-0.4, -0.2) is 12.1 Å². The zero-order valence-electron chi connectivity index (χ0n) is 8.18. The third-order valence-corrected chi connectivity index (χ3v) is 2.61. The normalized spacial score (nSPS) is 10.5. The molecule has 15 heavy (non-hydrogen) atoms. The van der Waals surface area contributed by atoms with Gasteiger partial charge in [0.15, 0.2) is 0 Å². The summed E-state index contributed by atoms with van der Waals surface area (Å²) in [7, 11) is 0. The molecule has 0 unspecified atom stereocenters. The molecule has 1 aromatic carbocycles. The summed E-state index contributed by atoms with van der Waals surface area (Å²) in [6, 6.07) is 2.82. The van der Waals surface area contributed by atoms with Crippen molar-refractivity contribution in [1.29, 1.82) is 0 Å². The molecule has 1 rings (SSSR count). The number of rotatable bonds is 2. The maximum absolute atomic E-state index is 11.5. The van der Waals surface area contributed by atoms with Gasteiger partial charge in [0.05, 0.1) is 26.7 Å².